The first kappa shape index (κ1) is 12.5. The summed E-state index contributed by atoms with van der Waals surface area (Å²) in [5.74, 6) is 1.28. The maximum Gasteiger partial charge on any atom is 0.235 e. The van der Waals surface area contributed by atoms with Gasteiger partial charge in [-0.25, -0.2) is 4.98 Å². The molecule has 0 aliphatic rings. The highest BCUT2D eigenvalue weighted by Gasteiger charge is 2.16. The highest BCUT2D eigenvalue weighted by Crippen LogP contribution is 2.27. The summed E-state index contributed by atoms with van der Waals surface area (Å²) in [6.45, 7) is 1.79. The van der Waals surface area contributed by atoms with E-state index < -0.39 is 0 Å². The van der Waals surface area contributed by atoms with E-state index in [2.05, 4.69) is 20.3 Å². The Balaban J connectivity index is 1.84. The number of halogens is 1. The molecule has 21 heavy (non-hydrogen) atoms. The zero-order chi connectivity index (χ0) is 14.4. The van der Waals surface area contributed by atoms with Gasteiger partial charge >= 0.3 is 0 Å². The van der Waals surface area contributed by atoms with Crippen molar-refractivity contribution in [2.45, 2.75) is 6.92 Å². The van der Waals surface area contributed by atoms with Crippen molar-refractivity contribution in [1.82, 2.24) is 24.8 Å². The van der Waals surface area contributed by atoms with Crippen molar-refractivity contribution in [2.75, 3.05) is 0 Å². The zero-order valence-electron chi connectivity index (χ0n) is 10.8. The smallest absolute Gasteiger partial charge is 0.235 e. The number of hydrogen-bond acceptors (Lipinski definition) is 6. The number of aromatic nitrogens is 5. The highest BCUT2D eigenvalue weighted by atomic mass is 35.5. The molecule has 0 spiro atoms. The summed E-state index contributed by atoms with van der Waals surface area (Å²) in [6.07, 6.45) is 1.59. The third-order valence-electron chi connectivity index (χ3n) is 2.93. The van der Waals surface area contributed by atoms with E-state index in [1.54, 1.807) is 17.7 Å². The summed E-state index contributed by atoms with van der Waals surface area (Å²) in [4.78, 5) is 4.98. The minimum atomic E-state index is 0.605. The van der Waals surface area contributed by atoms with Crippen LogP contribution in [0.2, 0.25) is 5.02 Å². The Morgan fingerprint density at radius 3 is 2.71 bits per heavy atom. The van der Waals surface area contributed by atoms with E-state index >= 15 is 0 Å². The molecule has 0 unspecified atom stereocenters. The molecular formula is C13H8ClN5OS. The molecule has 4 rings (SSSR count). The number of hydrogen-bond donors (Lipinski definition) is 0. The average Bonchev–Trinajstić information content (AvgIpc) is 3.14. The molecule has 0 saturated heterocycles. The van der Waals surface area contributed by atoms with Crippen LogP contribution in [0.5, 0.6) is 0 Å². The molecule has 0 N–H and O–H groups in total. The van der Waals surface area contributed by atoms with Crippen LogP contribution in [0, 0.1) is 6.92 Å². The lowest BCUT2D eigenvalue weighted by atomic mass is 10.2. The van der Waals surface area contributed by atoms with Crippen LogP contribution in [0.25, 0.3) is 27.1 Å². The largest absolute Gasteiger partial charge is 0.449 e. The van der Waals surface area contributed by atoms with Crippen molar-refractivity contribution in [3.63, 3.8) is 0 Å². The Bertz CT molecular complexity index is 924. The van der Waals surface area contributed by atoms with Gasteiger partial charge in [0.05, 0.1) is 0 Å². The van der Waals surface area contributed by atoms with Crippen molar-refractivity contribution < 1.29 is 4.42 Å². The van der Waals surface area contributed by atoms with Gasteiger partial charge in [0.2, 0.25) is 4.96 Å². The van der Waals surface area contributed by atoms with E-state index in [1.165, 1.54) is 11.3 Å². The van der Waals surface area contributed by atoms with Gasteiger partial charge in [0.1, 0.15) is 12.0 Å². The van der Waals surface area contributed by atoms with Crippen LogP contribution in [0.4, 0.5) is 0 Å². The maximum atomic E-state index is 5.90. The molecule has 0 fully saturated rings. The molecule has 0 saturated carbocycles. The first-order valence-electron chi connectivity index (χ1n) is 6.11. The Kier molecular flexibility index (Phi) is 2.76. The fraction of sp³-hybridized carbons (Fsp3) is 0.0769. The van der Waals surface area contributed by atoms with Gasteiger partial charge < -0.3 is 4.42 Å². The van der Waals surface area contributed by atoms with Gasteiger partial charge in [0.15, 0.2) is 16.7 Å². The average molecular weight is 318 g/mol. The van der Waals surface area contributed by atoms with Gasteiger partial charge in [-0.05, 0) is 24.3 Å². The van der Waals surface area contributed by atoms with Gasteiger partial charge in [0.25, 0.3) is 0 Å². The van der Waals surface area contributed by atoms with Gasteiger partial charge in [-0.15, -0.1) is 10.2 Å². The minimum absolute atomic E-state index is 0.605. The number of aryl methyl sites for hydroxylation is 1. The number of rotatable bonds is 2. The number of oxazole rings is 1. The third kappa shape index (κ3) is 2.10. The van der Waals surface area contributed by atoms with E-state index in [-0.39, 0.29) is 0 Å². The highest BCUT2D eigenvalue weighted by molar-refractivity contribution is 7.19. The lowest BCUT2D eigenvalue weighted by molar-refractivity contribution is 0.521. The van der Waals surface area contributed by atoms with Crippen LogP contribution < -0.4 is 0 Å². The summed E-state index contributed by atoms with van der Waals surface area (Å²) in [5, 5.41) is 14.2. The number of nitrogens with zero attached hydrogens (tertiary/aromatic N) is 5. The molecule has 6 nitrogen and oxygen atoms in total. The predicted octanol–water partition coefficient (Wildman–Crippen LogP) is 3.47. The van der Waals surface area contributed by atoms with E-state index in [1.807, 2.05) is 24.3 Å². The van der Waals surface area contributed by atoms with Gasteiger partial charge in [-0.1, -0.05) is 22.9 Å². The van der Waals surface area contributed by atoms with E-state index in [4.69, 9.17) is 16.0 Å². The fourth-order valence-corrected chi connectivity index (χ4v) is 2.88. The Labute approximate surface area is 128 Å². The molecule has 3 aromatic heterocycles. The van der Waals surface area contributed by atoms with Crippen LogP contribution in [0.15, 0.2) is 34.9 Å². The van der Waals surface area contributed by atoms with Crippen molar-refractivity contribution in [2.24, 2.45) is 0 Å². The van der Waals surface area contributed by atoms with Crippen LogP contribution >= 0.6 is 22.9 Å². The number of fused-ring (bicyclic) bond motifs is 1. The van der Waals surface area contributed by atoms with Crippen LogP contribution in [0.1, 0.15) is 5.89 Å². The quantitative estimate of drug-likeness (QED) is 0.566. The zero-order valence-corrected chi connectivity index (χ0v) is 12.4. The number of benzene rings is 1. The summed E-state index contributed by atoms with van der Waals surface area (Å²) >= 11 is 7.31. The lowest BCUT2D eigenvalue weighted by Gasteiger charge is -1.96. The molecular weight excluding hydrogens is 310 g/mol. The summed E-state index contributed by atoms with van der Waals surface area (Å²) in [7, 11) is 0. The molecule has 0 bridgehead atoms. The van der Waals surface area contributed by atoms with Gasteiger partial charge in [-0.2, -0.15) is 9.61 Å². The first-order chi connectivity index (χ1) is 10.2. The van der Waals surface area contributed by atoms with Gasteiger partial charge in [-0.3, -0.25) is 0 Å². The second-order valence-electron chi connectivity index (χ2n) is 4.38. The molecule has 0 aliphatic heterocycles. The molecule has 0 atom stereocenters. The van der Waals surface area contributed by atoms with Gasteiger partial charge in [0, 0.05) is 17.5 Å². The molecule has 8 heteroatoms. The maximum absolute atomic E-state index is 5.90. The fourth-order valence-electron chi connectivity index (χ4n) is 1.96. The molecule has 0 amide bonds. The Morgan fingerprint density at radius 2 is 2.00 bits per heavy atom. The Morgan fingerprint density at radius 1 is 1.19 bits per heavy atom. The molecule has 0 radical (unpaired) electrons. The Hall–Kier alpha value is -2.25. The monoisotopic (exact) mass is 317 g/mol. The summed E-state index contributed by atoms with van der Waals surface area (Å²) < 4.78 is 6.92. The SMILES string of the molecule is Cc1nc(-c2nn3c(-c4ccc(Cl)cc4)nnc3s2)co1. The molecule has 3 heterocycles. The van der Waals surface area contributed by atoms with Crippen molar-refractivity contribution in [3.8, 4) is 22.1 Å². The second kappa shape index (κ2) is 4.64. The van der Waals surface area contributed by atoms with Crippen molar-refractivity contribution in [3.05, 3.63) is 41.4 Å². The normalized spacial score (nSPS) is 11.3. The van der Waals surface area contributed by atoms with Crippen LogP contribution in [0.3, 0.4) is 0 Å². The molecule has 104 valence electrons. The predicted molar refractivity (Wildman–Crippen MR) is 79.3 cm³/mol. The summed E-state index contributed by atoms with van der Waals surface area (Å²) in [5.41, 5.74) is 1.60. The molecule has 1 aromatic carbocycles. The third-order valence-corrected chi connectivity index (χ3v) is 4.10. The topological polar surface area (TPSA) is 69.1 Å². The summed E-state index contributed by atoms with van der Waals surface area (Å²) in [6, 6.07) is 7.40. The first-order valence-corrected chi connectivity index (χ1v) is 7.31. The molecule has 4 aromatic rings. The van der Waals surface area contributed by atoms with Crippen molar-refractivity contribution in [1.29, 1.82) is 0 Å². The second-order valence-corrected chi connectivity index (χ2v) is 5.78. The van der Waals surface area contributed by atoms with E-state index in [0.717, 1.165) is 10.6 Å². The standard InChI is InChI=1S/C13H8ClN5OS/c1-7-15-10(6-20-7)12-18-19-11(16-17-13(19)21-12)8-2-4-9(14)5-3-8/h2-6H,1H3. The molecule has 0 aliphatic carbocycles. The van der Waals surface area contributed by atoms with E-state index in [0.29, 0.717) is 27.4 Å². The van der Waals surface area contributed by atoms with Crippen molar-refractivity contribution >= 4 is 27.9 Å². The van der Waals surface area contributed by atoms with Crippen LogP contribution in [-0.4, -0.2) is 24.8 Å². The lowest BCUT2D eigenvalue weighted by Crippen LogP contribution is -1.90. The minimum Gasteiger partial charge on any atom is -0.449 e. The van der Waals surface area contributed by atoms with E-state index in [9.17, 15) is 0 Å². The van der Waals surface area contributed by atoms with Crippen LogP contribution in [-0.2, 0) is 0 Å².